The number of pyridine rings is 1. The lowest BCUT2D eigenvalue weighted by Crippen LogP contribution is -2.41. The lowest BCUT2D eigenvalue weighted by molar-refractivity contribution is 0.00578. The van der Waals surface area contributed by atoms with Crippen molar-refractivity contribution in [1.82, 2.24) is 4.98 Å². The van der Waals surface area contributed by atoms with Crippen molar-refractivity contribution >= 4 is 12.6 Å². The molecule has 0 atom stereocenters. The summed E-state index contributed by atoms with van der Waals surface area (Å²) in [6, 6.07) is 3.96. The van der Waals surface area contributed by atoms with Crippen LogP contribution in [0.4, 0.5) is 0 Å². The lowest BCUT2D eigenvalue weighted by Gasteiger charge is -2.32. The molecule has 0 bridgehead atoms. The molecule has 4 nitrogen and oxygen atoms in total. The van der Waals surface area contributed by atoms with Gasteiger partial charge in [-0.1, -0.05) is 0 Å². The molecule has 1 saturated heterocycles. The Kier molecular flexibility index (Phi) is 2.96. The van der Waals surface area contributed by atoms with Crippen LogP contribution in [-0.2, 0) is 9.31 Å². The van der Waals surface area contributed by atoms with Crippen LogP contribution in [0, 0.1) is 18.3 Å². The quantitative estimate of drug-likeness (QED) is 0.703. The van der Waals surface area contributed by atoms with Gasteiger partial charge in [0.15, 0.2) is 0 Å². The molecule has 2 heterocycles. The molecule has 1 aromatic heterocycles. The second-order valence-electron chi connectivity index (χ2n) is 5.59. The van der Waals surface area contributed by atoms with Gasteiger partial charge in [0.05, 0.1) is 11.2 Å². The molecule has 94 valence electrons. The van der Waals surface area contributed by atoms with E-state index in [0.717, 1.165) is 11.0 Å². The predicted octanol–water partition coefficient (Wildman–Crippen LogP) is 1.56. The fourth-order valence-corrected chi connectivity index (χ4v) is 1.92. The maximum Gasteiger partial charge on any atom is 0.498 e. The van der Waals surface area contributed by atoms with Crippen LogP contribution in [0.15, 0.2) is 12.3 Å². The van der Waals surface area contributed by atoms with Gasteiger partial charge < -0.3 is 9.31 Å². The summed E-state index contributed by atoms with van der Waals surface area (Å²) in [4.78, 5) is 4.08. The molecule has 1 aliphatic rings. The van der Waals surface area contributed by atoms with Crippen molar-refractivity contribution in [2.75, 3.05) is 0 Å². The Balaban J connectivity index is 2.45. The minimum atomic E-state index is -0.529. The van der Waals surface area contributed by atoms with E-state index >= 15 is 0 Å². The van der Waals surface area contributed by atoms with Crippen LogP contribution in [0.25, 0.3) is 0 Å². The summed E-state index contributed by atoms with van der Waals surface area (Å²) >= 11 is 0. The van der Waals surface area contributed by atoms with Crippen LogP contribution in [0.5, 0.6) is 0 Å². The van der Waals surface area contributed by atoms with Crippen molar-refractivity contribution in [3.05, 3.63) is 23.5 Å². The Morgan fingerprint density at radius 1 is 1.22 bits per heavy atom. The molecule has 0 aliphatic carbocycles. The lowest BCUT2D eigenvalue weighted by atomic mass is 9.75. The summed E-state index contributed by atoms with van der Waals surface area (Å²) in [5.74, 6) is 0. The molecule has 0 aromatic carbocycles. The van der Waals surface area contributed by atoms with E-state index in [9.17, 15) is 0 Å². The minimum Gasteiger partial charge on any atom is -0.399 e. The summed E-state index contributed by atoms with van der Waals surface area (Å²) in [5.41, 5.74) is 1.24. The zero-order valence-corrected chi connectivity index (χ0v) is 11.4. The SMILES string of the molecule is Cc1ccnc(C#N)c1B1OC(C)(C)C(C)(C)O1. The Morgan fingerprint density at radius 2 is 1.78 bits per heavy atom. The fourth-order valence-electron chi connectivity index (χ4n) is 1.92. The standard InChI is InChI=1S/C13H17BN2O2/c1-9-6-7-16-10(8-15)11(9)14-17-12(2,3)13(4,5)18-14/h6-7H,1-5H3. The summed E-state index contributed by atoms with van der Waals surface area (Å²) in [5, 5.41) is 9.14. The average Bonchev–Trinajstić information content (AvgIpc) is 2.47. The van der Waals surface area contributed by atoms with Gasteiger partial charge in [0.2, 0.25) is 0 Å². The Bertz CT molecular complexity index is 504. The molecule has 1 aliphatic heterocycles. The van der Waals surface area contributed by atoms with Crippen LogP contribution in [0.1, 0.15) is 39.0 Å². The summed E-state index contributed by atoms with van der Waals surface area (Å²) < 4.78 is 11.9. The van der Waals surface area contributed by atoms with Crippen molar-refractivity contribution in [2.45, 2.75) is 45.8 Å². The number of nitriles is 1. The third-order valence-electron chi connectivity index (χ3n) is 3.80. The van der Waals surface area contributed by atoms with E-state index in [4.69, 9.17) is 14.6 Å². The van der Waals surface area contributed by atoms with Crippen molar-refractivity contribution in [2.24, 2.45) is 0 Å². The van der Waals surface area contributed by atoms with Gasteiger partial charge in [-0.15, -0.1) is 0 Å². The Labute approximate surface area is 108 Å². The van der Waals surface area contributed by atoms with E-state index in [0.29, 0.717) is 5.69 Å². The number of rotatable bonds is 1. The molecule has 5 heteroatoms. The van der Waals surface area contributed by atoms with Crippen molar-refractivity contribution < 1.29 is 9.31 Å². The predicted molar refractivity (Wildman–Crippen MR) is 69.4 cm³/mol. The smallest absolute Gasteiger partial charge is 0.399 e. The molecular formula is C13H17BN2O2. The van der Waals surface area contributed by atoms with Gasteiger partial charge in [-0.25, -0.2) is 4.98 Å². The molecule has 0 N–H and O–H groups in total. The first-order chi connectivity index (χ1) is 8.28. The van der Waals surface area contributed by atoms with Crippen LogP contribution in [-0.4, -0.2) is 23.3 Å². The third kappa shape index (κ3) is 1.92. The number of aryl methyl sites for hydroxylation is 1. The van der Waals surface area contributed by atoms with Crippen LogP contribution in [0.3, 0.4) is 0 Å². The monoisotopic (exact) mass is 244 g/mol. The molecule has 0 spiro atoms. The molecule has 0 unspecified atom stereocenters. The first-order valence-electron chi connectivity index (χ1n) is 6.00. The molecule has 1 aromatic rings. The molecule has 0 radical (unpaired) electrons. The Hall–Kier alpha value is -1.38. The van der Waals surface area contributed by atoms with Gasteiger partial charge in [0.1, 0.15) is 11.8 Å². The first kappa shape index (κ1) is 13.1. The molecule has 0 saturated carbocycles. The summed E-state index contributed by atoms with van der Waals surface area (Å²) in [7, 11) is -0.529. The zero-order valence-electron chi connectivity index (χ0n) is 11.4. The highest BCUT2D eigenvalue weighted by atomic mass is 16.7. The highest BCUT2D eigenvalue weighted by molar-refractivity contribution is 6.63. The number of nitrogens with zero attached hydrogens (tertiary/aromatic N) is 2. The molecule has 1 fully saturated rings. The number of aromatic nitrogens is 1. The Morgan fingerprint density at radius 3 is 2.28 bits per heavy atom. The molecule has 2 rings (SSSR count). The van der Waals surface area contributed by atoms with Gasteiger partial charge in [0, 0.05) is 11.7 Å². The van der Waals surface area contributed by atoms with Gasteiger partial charge in [-0.3, -0.25) is 0 Å². The number of hydrogen-bond acceptors (Lipinski definition) is 4. The molecule has 18 heavy (non-hydrogen) atoms. The highest BCUT2D eigenvalue weighted by Crippen LogP contribution is 2.36. The van der Waals surface area contributed by atoms with Crippen molar-refractivity contribution in [1.29, 1.82) is 5.26 Å². The van der Waals surface area contributed by atoms with E-state index < -0.39 is 18.3 Å². The maximum atomic E-state index is 9.14. The first-order valence-corrected chi connectivity index (χ1v) is 6.00. The largest absolute Gasteiger partial charge is 0.498 e. The van der Waals surface area contributed by atoms with E-state index in [-0.39, 0.29) is 0 Å². The van der Waals surface area contributed by atoms with E-state index in [1.807, 2.05) is 40.7 Å². The van der Waals surface area contributed by atoms with Crippen LogP contribution < -0.4 is 5.46 Å². The maximum absolute atomic E-state index is 9.14. The summed E-state index contributed by atoms with van der Waals surface area (Å²) in [6.07, 6.45) is 1.63. The second kappa shape index (κ2) is 4.08. The van der Waals surface area contributed by atoms with Crippen LogP contribution >= 0.6 is 0 Å². The van der Waals surface area contributed by atoms with Gasteiger partial charge >= 0.3 is 7.12 Å². The van der Waals surface area contributed by atoms with Gasteiger partial charge in [0.25, 0.3) is 0 Å². The number of hydrogen-bond donors (Lipinski definition) is 0. The highest BCUT2D eigenvalue weighted by Gasteiger charge is 2.52. The van der Waals surface area contributed by atoms with E-state index in [2.05, 4.69) is 11.1 Å². The van der Waals surface area contributed by atoms with E-state index in [1.54, 1.807) is 6.20 Å². The van der Waals surface area contributed by atoms with Crippen LogP contribution in [0.2, 0.25) is 0 Å². The second-order valence-corrected chi connectivity index (χ2v) is 5.59. The zero-order chi connectivity index (χ0) is 13.6. The fraction of sp³-hybridized carbons (Fsp3) is 0.538. The van der Waals surface area contributed by atoms with E-state index in [1.165, 1.54) is 0 Å². The molecular weight excluding hydrogens is 227 g/mol. The minimum absolute atomic E-state index is 0.369. The van der Waals surface area contributed by atoms with Gasteiger partial charge in [-0.2, -0.15) is 5.26 Å². The topological polar surface area (TPSA) is 55.1 Å². The van der Waals surface area contributed by atoms with Gasteiger partial charge in [-0.05, 0) is 46.2 Å². The normalized spacial score (nSPS) is 20.8. The average molecular weight is 244 g/mol. The van der Waals surface area contributed by atoms with Crippen molar-refractivity contribution in [3.8, 4) is 6.07 Å². The summed E-state index contributed by atoms with van der Waals surface area (Å²) in [6.45, 7) is 9.90. The van der Waals surface area contributed by atoms with Crippen molar-refractivity contribution in [3.63, 3.8) is 0 Å². The third-order valence-corrected chi connectivity index (χ3v) is 3.80. The molecule has 0 amide bonds.